The van der Waals surface area contributed by atoms with E-state index in [1.165, 1.54) is 5.56 Å². The number of aryl methyl sites for hydroxylation is 2. The third kappa shape index (κ3) is 3.44. The van der Waals surface area contributed by atoms with E-state index in [1.54, 1.807) is 6.07 Å². The molecule has 0 fully saturated rings. The first kappa shape index (κ1) is 13.3. The van der Waals surface area contributed by atoms with Crippen LogP contribution in [-0.4, -0.2) is 17.0 Å². The molecular formula is C15H20N4. The Morgan fingerprint density at radius 1 is 1.16 bits per heavy atom. The van der Waals surface area contributed by atoms with E-state index < -0.39 is 0 Å². The lowest BCUT2D eigenvalue weighted by Crippen LogP contribution is -2.19. The second kappa shape index (κ2) is 5.69. The highest BCUT2D eigenvalue weighted by Crippen LogP contribution is 2.16. The molecule has 0 bridgehead atoms. The fourth-order valence-corrected chi connectivity index (χ4v) is 2.02. The van der Waals surface area contributed by atoms with Crippen LogP contribution in [0.4, 0.5) is 11.5 Å². The zero-order valence-corrected chi connectivity index (χ0v) is 11.7. The lowest BCUT2D eigenvalue weighted by molar-refractivity contribution is 0.831. The molecule has 100 valence electrons. The molecule has 0 aliphatic rings. The SMILES string of the molecule is CCc1ccc(N(C)Cc2nc(C)cc(N)n2)cc1. The molecule has 0 aliphatic carbocycles. The van der Waals surface area contributed by atoms with Gasteiger partial charge in [0.25, 0.3) is 0 Å². The molecule has 1 aromatic carbocycles. The highest BCUT2D eigenvalue weighted by atomic mass is 15.1. The summed E-state index contributed by atoms with van der Waals surface area (Å²) in [5, 5.41) is 0. The van der Waals surface area contributed by atoms with Crippen molar-refractivity contribution in [2.45, 2.75) is 26.8 Å². The van der Waals surface area contributed by atoms with Crippen LogP contribution in [0.3, 0.4) is 0 Å². The first-order valence-corrected chi connectivity index (χ1v) is 6.48. The molecule has 2 aromatic rings. The molecule has 2 rings (SSSR count). The predicted octanol–water partition coefficient (Wildman–Crippen LogP) is 2.57. The van der Waals surface area contributed by atoms with Crippen molar-refractivity contribution in [1.82, 2.24) is 9.97 Å². The van der Waals surface area contributed by atoms with Crippen molar-refractivity contribution in [2.75, 3.05) is 17.7 Å². The first-order valence-electron chi connectivity index (χ1n) is 6.48. The molecule has 0 saturated heterocycles. The Morgan fingerprint density at radius 3 is 2.42 bits per heavy atom. The van der Waals surface area contributed by atoms with Gasteiger partial charge in [-0.15, -0.1) is 0 Å². The van der Waals surface area contributed by atoms with Gasteiger partial charge < -0.3 is 10.6 Å². The van der Waals surface area contributed by atoms with E-state index >= 15 is 0 Å². The standard InChI is InChI=1S/C15H20N4/c1-4-12-5-7-13(8-6-12)19(3)10-15-17-11(2)9-14(16)18-15/h5-9H,4,10H2,1-3H3,(H2,16,17,18). The Kier molecular flexibility index (Phi) is 4.00. The Labute approximate surface area is 114 Å². The van der Waals surface area contributed by atoms with Crippen LogP contribution in [0.25, 0.3) is 0 Å². The summed E-state index contributed by atoms with van der Waals surface area (Å²) in [4.78, 5) is 10.8. The van der Waals surface area contributed by atoms with Crippen LogP contribution in [-0.2, 0) is 13.0 Å². The molecular weight excluding hydrogens is 236 g/mol. The van der Waals surface area contributed by atoms with Crippen molar-refractivity contribution in [3.8, 4) is 0 Å². The minimum Gasteiger partial charge on any atom is -0.384 e. The van der Waals surface area contributed by atoms with Gasteiger partial charge in [-0.2, -0.15) is 0 Å². The molecule has 0 amide bonds. The zero-order valence-electron chi connectivity index (χ0n) is 11.7. The average molecular weight is 256 g/mol. The lowest BCUT2D eigenvalue weighted by Gasteiger charge is -2.19. The molecule has 0 unspecified atom stereocenters. The first-order chi connectivity index (χ1) is 9.08. The molecule has 1 heterocycles. The second-order valence-electron chi connectivity index (χ2n) is 4.73. The third-order valence-electron chi connectivity index (χ3n) is 3.08. The smallest absolute Gasteiger partial charge is 0.150 e. The largest absolute Gasteiger partial charge is 0.384 e. The average Bonchev–Trinajstić information content (AvgIpc) is 2.37. The highest BCUT2D eigenvalue weighted by Gasteiger charge is 2.06. The summed E-state index contributed by atoms with van der Waals surface area (Å²) in [5.41, 5.74) is 9.14. The Morgan fingerprint density at radius 2 is 1.84 bits per heavy atom. The number of nitrogens with zero attached hydrogens (tertiary/aromatic N) is 3. The van der Waals surface area contributed by atoms with Crippen LogP contribution >= 0.6 is 0 Å². The Hall–Kier alpha value is -2.10. The van der Waals surface area contributed by atoms with E-state index in [-0.39, 0.29) is 0 Å². The number of nitrogens with two attached hydrogens (primary N) is 1. The maximum Gasteiger partial charge on any atom is 0.150 e. The van der Waals surface area contributed by atoms with Gasteiger partial charge in [0.2, 0.25) is 0 Å². The van der Waals surface area contributed by atoms with Crippen molar-refractivity contribution in [2.24, 2.45) is 0 Å². The Bertz CT molecular complexity index is 528. The number of hydrogen-bond acceptors (Lipinski definition) is 4. The van der Waals surface area contributed by atoms with Gasteiger partial charge in [-0.3, -0.25) is 0 Å². The van der Waals surface area contributed by atoms with E-state index in [9.17, 15) is 0 Å². The molecule has 0 saturated carbocycles. The normalized spacial score (nSPS) is 10.5. The van der Waals surface area contributed by atoms with Gasteiger partial charge in [-0.05, 0) is 31.0 Å². The van der Waals surface area contributed by atoms with Crippen LogP contribution < -0.4 is 10.6 Å². The van der Waals surface area contributed by atoms with Crippen molar-refractivity contribution < 1.29 is 0 Å². The van der Waals surface area contributed by atoms with Crippen LogP contribution in [0.5, 0.6) is 0 Å². The van der Waals surface area contributed by atoms with Gasteiger partial charge in [0, 0.05) is 24.5 Å². The number of anilines is 2. The van der Waals surface area contributed by atoms with Crippen molar-refractivity contribution in [3.63, 3.8) is 0 Å². The van der Waals surface area contributed by atoms with Crippen molar-refractivity contribution in [3.05, 3.63) is 47.4 Å². The number of benzene rings is 1. The van der Waals surface area contributed by atoms with Gasteiger partial charge in [-0.25, -0.2) is 9.97 Å². The van der Waals surface area contributed by atoms with Gasteiger partial charge in [0.1, 0.15) is 11.6 Å². The van der Waals surface area contributed by atoms with E-state index in [0.29, 0.717) is 12.4 Å². The van der Waals surface area contributed by atoms with E-state index in [4.69, 9.17) is 5.73 Å². The summed E-state index contributed by atoms with van der Waals surface area (Å²) in [5.74, 6) is 1.27. The van der Waals surface area contributed by atoms with Crippen LogP contribution in [0.1, 0.15) is 24.0 Å². The molecule has 4 heteroatoms. The third-order valence-corrected chi connectivity index (χ3v) is 3.08. The van der Waals surface area contributed by atoms with Crippen LogP contribution in [0.15, 0.2) is 30.3 Å². The summed E-state index contributed by atoms with van der Waals surface area (Å²) in [6, 6.07) is 10.3. The quantitative estimate of drug-likeness (QED) is 0.913. The molecule has 0 atom stereocenters. The monoisotopic (exact) mass is 256 g/mol. The van der Waals surface area contributed by atoms with Crippen molar-refractivity contribution in [1.29, 1.82) is 0 Å². The topological polar surface area (TPSA) is 55.0 Å². The van der Waals surface area contributed by atoms with E-state index in [1.807, 2.05) is 14.0 Å². The summed E-state index contributed by atoms with van der Waals surface area (Å²) < 4.78 is 0. The zero-order chi connectivity index (χ0) is 13.8. The fourth-order valence-electron chi connectivity index (χ4n) is 2.02. The predicted molar refractivity (Wildman–Crippen MR) is 79.1 cm³/mol. The van der Waals surface area contributed by atoms with Crippen molar-refractivity contribution >= 4 is 11.5 Å². The minimum absolute atomic E-state index is 0.525. The lowest BCUT2D eigenvalue weighted by atomic mass is 10.1. The number of hydrogen-bond donors (Lipinski definition) is 1. The maximum atomic E-state index is 5.74. The van der Waals surface area contributed by atoms with E-state index in [2.05, 4.69) is 46.1 Å². The number of rotatable bonds is 4. The molecule has 19 heavy (non-hydrogen) atoms. The fraction of sp³-hybridized carbons (Fsp3) is 0.333. The van der Waals surface area contributed by atoms with E-state index in [0.717, 1.165) is 23.6 Å². The summed E-state index contributed by atoms with van der Waals surface area (Å²) in [6.07, 6.45) is 1.06. The summed E-state index contributed by atoms with van der Waals surface area (Å²) in [6.45, 7) is 4.73. The molecule has 0 aliphatic heterocycles. The summed E-state index contributed by atoms with van der Waals surface area (Å²) in [7, 11) is 2.03. The van der Waals surface area contributed by atoms with Crippen LogP contribution in [0.2, 0.25) is 0 Å². The Balaban J connectivity index is 2.13. The molecule has 4 nitrogen and oxygen atoms in total. The number of nitrogen functional groups attached to an aromatic ring is 1. The molecule has 1 aromatic heterocycles. The van der Waals surface area contributed by atoms with Gasteiger partial charge in [0.05, 0.1) is 6.54 Å². The molecule has 2 N–H and O–H groups in total. The molecule has 0 radical (unpaired) electrons. The van der Waals surface area contributed by atoms with Gasteiger partial charge in [-0.1, -0.05) is 19.1 Å². The minimum atomic E-state index is 0.525. The summed E-state index contributed by atoms with van der Waals surface area (Å²) >= 11 is 0. The molecule has 0 spiro atoms. The number of aromatic nitrogens is 2. The second-order valence-corrected chi connectivity index (χ2v) is 4.73. The van der Waals surface area contributed by atoms with Gasteiger partial charge >= 0.3 is 0 Å². The van der Waals surface area contributed by atoms with Gasteiger partial charge in [0.15, 0.2) is 0 Å². The van der Waals surface area contributed by atoms with Crippen LogP contribution in [0, 0.1) is 6.92 Å². The maximum absolute atomic E-state index is 5.74. The highest BCUT2D eigenvalue weighted by molar-refractivity contribution is 5.47.